The zero-order valence-electron chi connectivity index (χ0n) is 17.5. The highest BCUT2D eigenvalue weighted by molar-refractivity contribution is 5.79. The number of guanidine groups is 1. The van der Waals surface area contributed by atoms with Gasteiger partial charge >= 0.3 is 0 Å². The first kappa shape index (κ1) is 21.2. The highest BCUT2D eigenvalue weighted by atomic mass is 16.5. The second-order valence-corrected chi connectivity index (χ2v) is 6.66. The molecule has 0 amide bonds. The molecule has 3 rings (SSSR count). The summed E-state index contributed by atoms with van der Waals surface area (Å²) < 4.78 is 11.1. The SMILES string of the molecule is CCNC(=NCc1cccc(OCc2ccccn2)c1)NCc1cccc(OC)c1. The number of rotatable bonds is 9. The van der Waals surface area contributed by atoms with E-state index in [1.807, 2.05) is 60.7 Å². The van der Waals surface area contributed by atoms with Gasteiger partial charge in [-0.3, -0.25) is 4.98 Å². The van der Waals surface area contributed by atoms with Crippen LogP contribution < -0.4 is 20.1 Å². The lowest BCUT2D eigenvalue weighted by Gasteiger charge is -2.12. The Morgan fingerprint density at radius 1 is 0.933 bits per heavy atom. The van der Waals surface area contributed by atoms with Gasteiger partial charge in [0, 0.05) is 19.3 Å². The van der Waals surface area contributed by atoms with Crippen molar-refractivity contribution in [3.8, 4) is 11.5 Å². The van der Waals surface area contributed by atoms with Gasteiger partial charge in [-0.2, -0.15) is 0 Å². The van der Waals surface area contributed by atoms with Crippen LogP contribution in [0.1, 0.15) is 23.7 Å². The minimum absolute atomic E-state index is 0.443. The molecule has 0 aliphatic rings. The van der Waals surface area contributed by atoms with Gasteiger partial charge in [0.25, 0.3) is 0 Å². The van der Waals surface area contributed by atoms with Crippen LogP contribution in [0.15, 0.2) is 77.9 Å². The average molecular weight is 405 g/mol. The summed E-state index contributed by atoms with van der Waals surface area (Å²) >= 11 is 0. The van der Waals surface area contributed by atoms with Gasteiger partial charge in [0.15, 0.2) is 5.96 Å². The molecule has 2 N–H and O–H groups in total. The largest absolute Gasteiger partial charge is 0.497 e. The molecule has 0 spiro atoms. The minimum Gasteiger partial charge on any atom is -0.497 e. The molecule has 0 saturated carbocycles. The lowest BCUT2D eigenvalue weighted by Crippen LogP contribution is -2.36. The van der Waals surface area contributed by atoms with Gasteiger partial charge in [0.05, 0.1) is 19.3 Å². The zero-order valence-corrected chi connectivity index (χ0v) is 17.5. The first-order valence-corrected chi connectivity index (χ1v) is 10.0. The molecule has 1 heterocycles. The molecule has 0 bridgehead atoms. The van der Waals surface area contributed by atoms with Crippen LogP contribution in [0.5, 0.6) is 11.5 Å². The van der Waals surface area contributed by atoms with E-state index in [9.17, 15) is 0 Å². The third-order valence-electron chi connectivity index (χ3n) is 4.37. The Morgan fingerprint density at radius 3 is 2.50 bits per heavy atom. The third kappa shape index (κ3) is 6.81. The van der Waals surface area contributed by atoms with Crippen LogP contribution in [0.25, 0.3) is 0 Å². The summed E-state index contributed by atoms with van der Waals surface area (Å²) in [6, 6.07) is 21.8. The maximum Gasteiger partial charge on any atom is 0.191 e. The first-order valence-electron chi connectivity index (χ1n) is 10.0. The molecule has 30 heavy (non-hydrogen) atoms. The molecule has 2 aromatic carbocycles. The summed E-state index contributed by atoms with van der Waals surface area (Å²) in [6.45, 7) is 4.49. The molecule has 0 unspecified atom stereocenters. The molecule has 1 aromatic heterocycles. The second-order valence-electron chi connectivity index (χ2n) is 6.66. The van der Waals surface area contributed by atoms with E-state index in [0.717, 1.165) is 40.8 Å². The number of methoxy groups -OCH3 is 1. The van der Waals surface area contributed by atoms with Crippen molar-refractivity contribution < 1.29 is 9.47 Å². The molecule has 6 heteroatoms. The predicted molar refractivity (Wildman–Crippen MR) is 120 cm³/mol. The number of aliphatic imine (C=N–C) groups is 1. The summed E-state index contributed by atoms with van der Waals surface area (Å²) in [5.41, 5.74) is 3.11. The standard InChI is InChI=1S/C24H28N4O2/c1-3-25-24(27-16-19-8-6-11-22(14-19)29-2)28-17-20-9-7-12-23(15-20)30-18-21-10-4-5-13-26-21/h4-15H,3,16-18H2,1-2H3,(H2,25,27,28). The topological polar surface area (TPSA) is 67.8 Å². The van der Waals surface area contributed by atoms with Gasteiger partial charge in [0.2, 0.25) is 0 Å². The number of aromatic nitrogens is 1. The Labute approximate surface area is 178 Å². The van der Waals surface area contributed by atoms with Crippen LogP contribution in [0, 0.1) is 0 Å². The Balaban J connectivity index is 1.58. The molecule has 0 aliphatic heterocycles. The minimum atomic E-state index is 0.443. The quantitative estimate of drug-likeness (QED) is 0.418. The maximum atomic E-state index is 5.86. The van der Waals surface area contributed by atoms with Crippen molar-refractivity contribution in [2.75, 3.05) is 13.7 Å². The molecule has 0 fully saturated rings. The van der Waals surface area contributed by atoms with E-state index in [0.29, 0.717) is 19.7 Å². The van der Waals surface area contributed by atoms with E-state index in [-0.39, 0.29) is 0 Å². The molecule has 6 nitrogen and oxygen atoms in total. The summed E-state index contributed by atoms with van der Waals surface area (Å²) in [5, 5.41) is 6.64. The van der Waals surface area contributed by atoms with E-state index in [1.54, 1.807) is 13.3 Å². The fraction of sp³-hybridized carbons (Fsp3) is 0.250. The average Bonchev–Trinajstić information content (AvgIpc) is 2.80. The van der Waals surface area contributed by atoms with Crippen LogP contribution in [0.3, 0.4) is 0 Å². The van der Waals surface area contributed by atoms with Crippen molar-refractivity contribution in [3.05, 3.63) is 89.7 Å². The fourth-order valence-electron chi connectivity index (χ4n) is 2.85. The van der Waals surface area contributed by atoms with Crippen LogP contribution in [0.2, 0.25) is 0 Å². The van der Waals surface area contributed by atoms with Gasteiger partial charge in [-0.1, -0.05) is 30.3 Å². The number of hydrogen-bond donors (Lipinski definition) is 2. The number of benzene rings is 2. The monoisotopic (exact) mass is 404 g/mol. The number of ether oxygens (including phenoxy) is 2. The summed E-state index contributed by atoms with van der Waals surface area (Å²) in [7, 11) is 1.67. The normalized spacial score (nSPS) is 11.1. The van der Waals surface area contributed by atoms with Crippen molar-refractivity contribution in [1.82, 2.24) is 15.6 Å². The molecule has 3 aromatic rings. The third-order valence-corrected chi connectivity index (χ3v) is 4.37. The second kappa shape index (κ2) is 11.5. The summed E-state index contributed by atoms with van der Waals surface area (Å²) in [5.74, 6) is 2.42. The lowest BCUT2D eigenvalue weighted by atomic mass is 10.2. The van der Waals surface area contributed by atoms with Gasteiger partial charge < -0.3 is 20.1 Å². The van der Waals surface area contributed by atoms with Crippen LogP contribution in [0.4, 0.5) is 0 Å². The van der Waals surface area contributed by atoms with E-state index in [4.69, 9.17) is 14.5 Å². The molecule has 0 aliphatic carbocycles. The van der Waals surface area contributed by atoms with E-state index in [2.05, 4.69) is 28.6 Å². The number of pyridine rings is 1. The molecular weight excluding hydrogens is 376 g/mol. The molecule has 0 radical (unpaired) electrons. The zero-order chi connectivity index (χ0) is 21.0. The Bertz CT molecular complexity index is 945. The summed E-state index contributed by atoms with van der Waals surface area (Å²) in [6.07, 6.45) is 1.77. The van der Waals surface area contributed by atoms with Gasteiger partial charge in [-0.15, -0.1) is 0 Å². The number of hydrogen-bond acceptors (Lipinski definition) is 4. The Kier molecular flexibility index (Phi) is 8.09. The Morgan fingerprint density at radius 2 is 1.73 bits per heavy atom. The molecule has 156 valence electrons. The van der Waals surface area contributed by atoms with E-state index < -0.39 is 0 Å². The lowest BCUT2D eigenvalue weighted by molar-refractivity contribution is 0.301. The molecule has 0 atom stereocenters. The number of nitrogens with zero attached hydrogens (tertiary/aromatic N) is 2. The first-order chi connectivity index (χ1) is 14.8. The molecule has 0 saturated heterocycles. The smallest absolute Gasteiger partial charge is 0.191 e. The van der Waals surface area contributed by atoms with E-state index in [1.165, 1.54) is 0 Å². The summed E-state index contributed by atoms with van der Waals surface area (Å²) in [4.78, 5) is 8.98. The predicted octanol–water partition coefficient (Wildman–Crippen LogP) is 3.92. The highest BCUT2D eigenvalue weighted by Gasteiger charge is 2.02. The Hall–Kier alpha value is -3.54. The van der Waals surface area contributed by atoms with Crippen LogP contribution in [-0.4, -0.2) is 24.6 Å². The van der Waals surface area contributed by atoms with Crippen LogP contribution >= 0.6 is 0 Å². The fourth-order valence-corrected chi connectivity index (χ4v) is 2.85. The molecular formula is C24H28N4O2. The highest BCUT2D eigenvalue weighted by Crippen LogP contribution is 2.16. The van der Waals surface area contributed by atoms with Crippen LogP contribution in [-0.2, 0) is 19.7 Å². The van der Waals surface area contributed by atoms with E-state index >= 15 is 0 Å². The van der Waals surface area contributed by atoms with Gasteiger partial charge in [-0.25, -0.2) is 4.99 Å². The van der Waals surface area contributed by atoms with Crippen molar-refractivity contribution >= 4 is 5.96 Å². The van der Waals surface area contributed by atoms with Gasteiger partial charge in [0.1, 0.15) is 18.1 Å². The van der Waals surface area contributed by atoms with Crippen molar-refractivity contribution in [1.29, 1.82) is 0 Å². The van der Waals surface area contributed by atoms with Crippen molar-refractivity contribution in [2.45, 2.75) is 26.6 Å². The van der Waals surface area contributed by atoms with Gasteiger partial charge in [-0.05, 0) is 54.4 Å². The number of nitrogens with one attached hydrogen (secondary N) is 2. The van der Waals surface area contributed by atoms with Crippen molar-refractivity contribution in [3.63, 3.8) is 0 Å². The van der Waals surface area contributed by atoms with Crippen molar-refractivity contribution in [2.24, 2.45) is 4.99 Å². The maximum absolute atomic E-state index is 5.86.